The van der Waals surface area contributed by atoms with Gasteiger partial charge in [0.1, 0.15) is 0 Å². The number of nitrogens with zero attached hydrogens (tertiary/aromatic N) is 1. The lowest BCUT2D eigenvalue weighted by atomic mass is 10.4. The van der Waals surface area contributed by atoms with E-state index in [2.05, 4.69) is 25.8 Å². The van der Waals surface area contributed by atoms with Gasteiger partial charge in [-0.05, 0) is 43.7 Å². The van der Waals surface area contributed by atoms with Gasteiger partial charge in [0.15, 0.2) is 0 Å². The maximum atomic E-state index is 2.50. The maximum absolute atomic E-state index is 2.50. The Bertz CT molecular complexity index is 130. The molecule has 1 fully saturated rings. The first-order valence-electron chi connectivity index (χ1n) is 5.15. The van der Waals surface area contributed by atoms with E-state index < -0.39 is 0 Å². The molecule has 1 rings (SSSR count). The molecule has 0 bridgehead atoms. The van der Waals surface area contributed by atoms with Crippen LogP contribution in [-0.4, -0.2) is 41.6 Å². The number of hydrogen-bond acceptors (Lipinski definition) is 1. The molecule has 0 radical (unpaired) electrons. The molecule has 2 heteroatoms. The van der Waals surface area contributed by atoms with E-state index in [0.29, 0.717) is 0 Å². The molecule has 0 aliphatic carbocycles. The Morgan fingerprint density at radius 3 is 2.17 bits per heavy atom. The van der Waals surface area contributed by atoms with Gasteiger partial charge in [0, 0.05) is 5.88 Å². The van der Waals surface area contributed by atoms with Crippen molar-refractivity contribution in [3.8, 4) is 0 Å². The standard InChI is InChI=1S/C10H23NS/c1-4-11(3)10-12(5-2)8-6-7-9-12/h4-10H2,1-3H3. The van der Waals surface area contributed by atoms with Gasteiger partial charge in [-0.3, -0.25) is 4.90 Å². The zero-order valence-corrected chi connectivity index (χ0v) is 9.62. The minimum absolute atomic E-state index is 0.185. The molecule has 1 aliphatic heterocycles. The van der Waals surface area contributed by atoms with Crippen molar-refractivity contribution < 1.29 is 0 Å². The molecular weight excluding hydrogens is 166 g/mol. The molecule has 0 unspecified atom stereocenters. The molecule has 0 atom stereocenters. The Labute approximate surface area is 78.8 Å². The summed E-state index contributed by atoms with van der Waals surface area (Å²) in [4.78, 5) is 2.50. The third-order valence-corrected chi connectivity index (χ3v) is 7.57. The first-order valence-corrected chi connectivity index (χ1v) is 7.46. The van der Waals surface area contributed by atoms with Gasteiger partial charge < -0.3 is 0 Å². The highest BCUT2D eigenvalue weighted by atomic mass is 32.3. The van der Waals surface area contributed by atoms with Crippen LogP contribution in [0.15, 0.2) is 0 Å². The SMILES string of the molecule is CCN(C)CS1(CC)CCCC1. The van der Waals surface area contributed by atoms with Gasteiger partial charge in [-0.15, -0.1) is 0 Å². The molecule has 1 saturated heterocycles. The largest absolute Gasteiger partial charge is 0.299 e. The highest BCUT2D eigenvalue weighted by Crippen LogP contribution is 2.53. The van der Waals surface area contributed by atoms with Crippen molar-refractivity contribution in [2.45, 2.75) is 26.7 Å². The average molecular weight is 189 g/mol. The summed E-state index contributed by atoms with van der Waals surface area (Å²) in [5.41, 5.74) is 0. The van der Waals surface area contributed by atoms with Crippen LogP contribution in [0.1, 0.15) is 26.7 Å². The molecule has 1 aliphatic rings. The molecule has 1 heterocycles. The van der Waals surface area contributed by atoms with Gasteiger partial charge in [0.05, 0.1) is 0 Å². The van der Waals surface area contributed by atoms with Crippen LogP contribution >= 0.6 is 10.0 Å². The monoisotopic (exact) mass is 189 g/mol. The number of hydrogen-bond donors (Lipinski definition) is 0. The van der Waals surface area contributed by atoms with Crippen LogP contribution in [0.2, 0.25) is 0 Å². The molecule has 1 nitrogen and oxygen atoms in total. The van der Waals surface area contributed by atoms with Gasteiger partial charge in [0.2, 0.25) is 0 Å². The van der Waals surface area contributed by atoms with Crippen molar-refractivity contribution in [2.75, 3.05) is 36.7 Å². The summed E-state index contributed by atoms with van der Waals surface area (Å²) >= 11 is 0. The first-order chi connectivity index (χ1) is 5.72. The van der Waals surface area contributed by atoms with E-state index in [-0.39, 0.29) is 10.0 Å². The summed E-state index contributed by atoms with van der Waals surface area (Å²) in [7, 11) is 2.08. The molecule has 0 aromatic rings. The third-order valence-electron chi connectivity index (χ3n) is 3.05. The lowest BCUT2D eigenvalue weighted by molar-refractivity contribution is 0.413. The summed E-state index contributed by atoms with van der Waals surface area (Å²) in [6.07, 6.45) is 3.00. The fourth-order valence-electron chi connectivity index (χ4n) is 1.99. The quantitative estimate of drug-likeness (QED) is 0.657. The number of rotatable bonds is 4. The van der Waals surface area contributed by atoms with Gasteiger partial charge in [-0.1, -0.05) is 13.8 Å². The predicted molar refractivity (Wildman–Crippen MR) is 60.3 cm³/mol. The molecule has 0 spiro atoms. The van der Waals surface area contributed by atoms with E-state index in [1.54, 1.807) is 11.5 Å². The van der Waals surface area contributed by atoms with Gasteiger partial charge in [-0.25, -0.2) is 10.0 Å². The summed E-state index contributed by atoms with van der Waals surface area (Å²) in [5.74, 6) is 5.96. The van der Waals surface area contributed by atoms with Crippen molar-refractivity contribution in [1.82, 2.24) is 4.90 Å². The molecule has 0 amide bonds. The summed E-state index contributed by atoms with van der Waals surface area (Å²) in [6.45, 7) is 5.87. The molecule has 0 N–H and O–H groups in total. The lowest BCUT2D eigenvalue weighted by Crippen LogP contribution is -2.26. The Kier molecular flexibility index (Phi) is 3.91. The molecule has 0 aromatic carbocycles. The molecule has 12 heavy (non-hydrogen) atoms. The molecule has 74 valence electrons. The van der Waals surface area contributed by atoms with E-state index >= 15 is 0 Å². The van der Waals surface area contributed by atoms with E-state index in [0.717, 1.165) is 0 Å². The van der Waals surface area contributed by atoms with E-state index in [1.165, 1.54) is 31.0 Å². The highest BCUT2D eigenvalue weighted by molar-refractivity contribution is 8.33. The second kappa shape index (κ2) is 4.52. The minimum atomic E-state index is -0.185. The lowest BCUT2D eigenvalue weighted by Gasteiger charge is -2.38. The fourth-order valence-corrected chi connectivity index (χ4v) is 5.96. The Hall–Kier alpha value is 0.310. The maximum Gasteiger partial charge on any atom is 0.0287 e. The average Bonchev–Trinajstić information content (AvgIpc) is 2.54. The predicted octanol–water partition coefficient (Wildman–Crippen LogP) is 2.51. The van der Waals surface area contributed by atoms with Crippen LogP contribution in [0, 0.1) is 0 Å². The Morgan fingerprint density at radius 2 is 1.75 bits per heavy atom. The van der Waals surface area contributed by atoms with Gasteiger partial charge >= 0.3 is 0 Å². The topological polar surface area (TPSA) is 3.24 Å². The summed E-state index contributed by atoms with van der Waals surface area (Å²) in [6, 6.07) is 0. The van der Waals surface area contributed by atoms with Crippen LogP contribution in [0.25, 0.3) is 0 Å². The molecular formula is C10H23NS. The normalized spacial score (nSPS) is 24.7. The molecule has 0 saturated carbocycles. The second-order valence-electron chi connectivity index (χ2n) is 3.93. The van der Waals surface area contributed by atoms with Crippen LogP contribution in [0.3, 0.4) is 0 Å². The van der Waals surface area contributed by atoms with Crippen molar-refractivity contribution in [2.24, 2.45) is 0 Å². The van der Waals surface area contributed by atoms with Crippen LogP contribution < -0.4 is 0 Å². The van der Waals surface area contributed by atoms with Crippen molar-refractivity contribution in [1.29, 1.82) is 0 Å². The minimum Gasteiger partial charge on any atom is -0.299 e. The van der Waals surface area contributed by atoms with Crippen LogP contribution in [-0.2, 0) is 0 Å². The fraction of sp³-hybridized carbons (Fsp3) is 1.00. The van der Waals surface area contributed by atoms with Gasteiger partial charge in [0.25, 0.3) is 0 Å². The summed E-state index contributed by atoms with van der Waals surface area (Å²) in [5, 5.41) is 0. The third kappa shape index (κ3) is 2.40. The second-order valence-corrected chi connectivity index (χ2v) is 8.03. The zero-order chi connectivity index (χ0) is 9.03. The van der Waals surface area contributed by atoms with E-state index in [1.807, 2.05) is 0 Å². The van der Waals surface area contributed by atoms with Gasteiger partial charge in [-0.2, -0.15) is 0 Å². The first kappa shape index (κ1) is 10.4. The molecule has 0 aromatic heterocycles. The van der Waals surface area contributed by atoms with Crippen molar-refractivity contribution >= 4 is 10.0 Å². The van der Waals surface area contributed by atoms with E-state index in [9.17, 15) is 0 Å². The van der Waals surface area contributed by atoms with Crippen molar-refractivity contribution in [3.05, 3.63) is 0 Å². The van der Waals surface area contributed by atoms with E-state index in [4.69, 9.17) is 0 Å². The highest BCUT2D eigenvalue weighted by Gasteiger charge is 2.27. The van der Waals surface area contributed by atoms with Crippen molar-refractivity contribution in [3.63, 3.8) is 0 Å². The Balaban J connectivity index is 2.43. The summed E-state index contributed by atoms with van der Waals surface area (Å²) < 4.78 is 0. The Morgan fingerprint density at radius 1 is 1.17 bits per heavy atom. The van der Waals surface area contributed by atoms with Crippen LogP contribution in [0.5, 0.6) is 0 Å². The zero-order valence-electron chi connectivity index (χ0n) is 8.81. The van der Waals surface area contributed by atoms with Crippen LogP contribution in [0.4, 0.5) is 0 Å². The smallest absolute Gasteiger partial charge is 0.0287 e.